The largest absolute Gasteiger partial charge is 0.618 e. The number of benzene rings is 1. The van der Waals surface area contributed by atoms with Gasteiger partial charge < -0.3 is 10.3 Å². The summed E-state index contributed by atoms with van der Waals surface area (Å²) >= 11 is 0. The lowest BCUT2D eigenvalue weighted by atomic mass is 10.2. The normalized spacial score (nSPS) is 10.3. The molecular weight excluding hydrogens is 154 g/mol. The molecule has 0 atom stereocenters. The first kappa shape index (κ1) is 6.91. The van der Waals surface area contributed by atoms with Gasteiger partial charge in [0, 0.05) is 11.5 Å². The molecule has 0 unspecified atom stereocenters. The lowest BCUT2D eigenvalue weighted by Gasteiger charge is -2.00. The highest BCUT2D eigenvalue weighted by Crippen LogP contribution is 2.15. The maximum atomic E-state index is 11.1. The molecule has 0 aliphatic carbocycles. The van der Waals surface area contributed by atoms with Crippen LogP contribution in [0.15, 0.2) is 36.5 Å². The highest BCUT2D eigenvalue weighted by molar-refractivity contribution is 5.76. The second-order valence-electron chi connectivity index (χ2n) is 2.58. The number of fused-ring (bicyclic) bond motifs is 1. The summed E-state index contributed by atoms with van der Waals surface area (Å²) in [5.74, 6) is 0.110. The number of aromatic hydroxyl groups is 1. The molecule has 1 aromatic carbocycles. The van der Waals surface area contributed by atoms with Crippen molar-refractivity contribution in [3.8, 4) is 5.75 Å². The Labute approximate surface area is 69.1 Å². The number of rotatable bonds is 0. The van der Waals surface area contributed by atoms with E-state index >= 15 is 0 Å². The van der Waals surface area contributed by atoms with Crippen LogP contribution in [0.4, 0.5) is 0 Å². The number of hydrogen-bond acceptors (Lipinski definition) is 2. The Balaban J connectivity index is 2.88. The van der Waals surface area contributed by atoms with Gasteiger partial charge in [0.25, 0.3) is 0 Å². The Morgan fingerprint density at radius 2 is 2.08 bits per heavy atom. The van der Waals surface area contributed by atoms with Crippen LogP contribution in [0.3, 0.4) is 0 Å². The third kappa shape index (κ3) is 0.955. The van der Waals surface area contributed by atoms with E-state index in [0.717, 1.165) is 10.1 Å². The quantitative estimate of drug-likeness (QED) is 0.466. The first-order chi connectivity index (χ1) is 5.77. The molecule has 0 radical (unpaired) electrons. The van der Waals surface area contributed by atoms with E-state index in [1.54, 1.807) is 18.2 Å². The molecule has 0 aliphatic rings. The molecule has 3 heteroatoms. The molecule has 0 saturated heterocycles. The lowest BCUT2D eigenvalue weighted by molar-refractivity contribution is -0.577. The molecule has 2 aromatic rings. The van der Waals surface area contributed by atoms with Crippen molar-refractivity contribution < 1.29 is 9.84 Å². The molecule has 0 bridgehead atoms. The third-order valence-corrected chi connectivity index (χ3v) is 1.75. The summed E-state index contributed by atoms with van der Waals surface area (Å²) < 4.78 is 0.731. The molecule has 60 valence electrons. The van der Waals surface area contributed by atoms with Gasteiger partial charge in [-0.05, 0) is 18.2 Å². The minimum atomic E-state index is 0.110. The van der Waals surface area contributed by atoms with Gasteiger partial charge in [0.1, 0.15) is 5.75 Å². The molecule has 1 aromatic heterocycles. The van der Waals surface area contributed by atoms with Crippen molar-refractivity contribution in [2.45, 2.75) is 0 Å². The maximum Gasteiger partial charge on any atom is 0.227 e. The zero-order chi connectivity index (χ0) is 8.55. The Kier molecular flexibility index (Phi) is 1.37. The second-order valence-corrected chi connectivity index (χ2v) is 2.58. The van der Waals surface area contributed by atoms with E-state index in [2.05, 4.69) is 0 Å². The van der Waals surface area contributed by atoms with Crippen LogP contribution in [0, 0.1) is 5.21 Å². The van der Waals surface area contributed by atoms with Crippen molar-refractivity contribution in [2.24, 2.45) is 0 Å². The summed E-state index contributed by atoms with van der Waals surface area (Å²) in [7, 11) is 0. The van der Waals surface area contributed by atoms with Crippen molar-refractivity contribution in [2.75, 3.05) is 0 Å². The van der Waals surface area contributed by atoms with Gasteiger partial charge in [-0.2, -0.15) is 4.73 Å². The van der Waals surface area contributed by atoms with Crippen molar-refractivity contribution in [1.29, 1.82) is 0 Å². The Bertz CT molecular complexity index is 426. The molecule has 1 N–H and O–H groups in total. The van der Waals surface area contributed by atoms with E-state index < -0.39 is 0 Å². The first-order valence-corrected chi connectivity index (χ1v) is 3.58. The molecule has 0 spiro atoms. The fourth-order valence-electron chi connectivity index (χ4n) is 1.17. The van der Waals surface area contributed by atoms with Crippen LogP contribution >= 0.6 is 0 Å². The van der Waals surface area contributed by atoms with Gasteiger partial charge in [-0.3, -0.25) is 0 Å². The molecule has 0 saturated carbocycles. The minimum Gasteiger partial charge on any atom is -0.618 e. The Morgan fingerprint density at radius 3 is 2.92 bits per heavy atom. The van der Waals surface area contributed by atoms with E-state index in [-0.39, 0.29) is 5.75 Å². The average Bonchev–Trinajstić information content (AvgIpc) is 2.07. The van der Waals surface area contributed by atoms with E-state index in [1.165, 1.54) is 12.3 Å². The molecule has 12 heavy (non-hydrogen) atoms. The van der Waals surface area contributed by atoms with Crippen molar-refractivity contribution in [1.82, 2.24) is 0 Å². The summed E-state index contributed by atoms with van der Waals surface area (Å²) in [6, 6.07) is 8.21. The number of pyridine rings is 1. The first-order valence-electron chi connectivity index (χ1n) is 3.58. The van der Waals surface area contributed by atoms with Gasteiger partial charge in [-0.15, -0.1) is 0 Å². The van der Waals surface area contributed by atoms with Gasteiger partial charge in [0.15, 0.2) is 6.20 Å². The van der Waals surface area contributed by atoms with Crippen LogP contribution in [0.5, 0.6) is 5.75 Å². The zero-order valence-electron chi connectivity index (χ0n) is 6.27. The van der Waals surface area contributed by atoms with Crippen LogP contribution in [0.25, 0.3) is 10.9 Å². The van der Waals surface area contributed by atoms with Crippen molar-refractivity contribution in [3.63, 3.8) is 0 Å². The number of phenolic OH excluding ortho intramolecular Hbond substituents is 1. The summed E-state index contributed by atoms with van der Waals surface area (Å²) in [6.07, 6.45) is 1.40. The minimum absolute atomic E-state index is 0.110. The predicted octanol–water partition coefficient (Wildman–Crippen LogP) is 1.18. The van der Waals surface area contributed by atoms with Crippen LogP contribution in [0.2, 0.25) is 0 Å². The molecule has 2 rings (SSSR count). The van der Waals surface area contributed by atoms with Gasteiger partial charge in [-0.25, -0.2) is 0 Å². The summed E-state index contributed by atoms with van der Waals surface area (Å²) in [5, 5.41) is 21.1. The number of phenols is 1. The van der Waals surface area contributed by atoms with Crippen LogP contribution in [-0.4, -0.2) is 5.11 Å². The molecule has 3 nitrogen and oxygen atoms in total. The van der Waals surface area contributed by atoms with Crippen molar-refractivity contribution >= 4 is 10.9 Å². The monoisotopic (exact) mass is 161 g/mol. The third-order valence-electron chi connectivity index (χ3n) is 1.75. The number of nitrogens with zero attached hydrogens (tertiary/aromatic N) is 1. The summed E-state index contributed by atoms with van der Waals surface area (Å²) in [5.41, 5.74) is 0.484. The number of aromatic nitrogens is 1. The summed E-state index contributed by atoms with van der Waals surface area (Å²) in [6.45, 7) is 0. The van der Waals surface area contributed by atoms with Crippen LogP contribution < -0.4 is 4.73 Å². The highest BCUT2D eigenvalue weighted by atomic mass is 16.5. The fourth-order valence-corrected chi connectivity index (χ4v) is 1.17. The Morgan fingerprint density at radius 1 is 1.25 bits per heavy atom. The molecule has 0 fully saturated rings. The lowest BCUT2D eigenvalue weighted by Crippen LogP contribution is -2.25. The van der Waals surface area contributed by atoms with Crippen LogP contribution in [0.1, 0.15) is 0 Å². The average molecular weight is 161 g/mol. The molecule has 0 amide bonds. The van der Waals surface area contributed by atoms with Crippen molar-refractivity contribution in [3.05, 3.63) is 41.7 Å². The summed E-state index contributed by atoms with van der Waals surface area (Å²) in [4.78, 5) is 0. The van der Waals surface area contributed by atoms with E-state index in [1.807, 2.05) is 6.07 Å². The second kappa shape index (κ2) is 2.37. The zero-order valence-corrected chi connectivity index (χ0v) is 6.27. The SMILES string of the molecule is [O-][n+]1cccc2ccc(O)cc21. The maximum absolute atomic E-state index is 11.1. The number of hydrogen-bond donors (Lipinski definition) is 1. The van der Waals surface area contributed by atoms with Gasteiger partial charge in [-0.1, -0.05) is 0 Å². The molecule has 1 heterocycles. The standard InChI is InChI=1S/C9H7NO2/c11-8-4-3-7-2-1-5-10(12)9(7)6-8/h1-6,11H. The van der Waals surface area contributed by atoms with Gasteiger partial charge in [0.2, 0.25) is 5.52 Å². The smallest absolute Gasteiger partial charge is 0.227 e. The van der Waals surface area contributed by atoms with Gasteiger partial charge >= 0.3 is 0 Å². The highest BCUT2D eigenvalue weighted by Gasteiger charge is 2.02. The predicted molar refractivity (Wildman–Crippen MR) is 44.6 cm³/mol. The van der Waals surface area contributed by atoms with Gasteiger partial charge in [0.05, 0.1) is 6.07 Å². The molecular formula is C9H7NO2. The van der Waals surface area contributed by atoms with E-state index in [0.29, 0.717) is 5.52 Å². The molecule has 0 aliphatic heterocycles. The van der Waals surface area contributed by atoms with Crippen LogP contribution in [-0.2, 0) is 0 Å². The topological polar surface area (TPSA) is 47.2 Å². The Hall–Kier alpha value is -1.77. The fraction of sp³-hybridized carbons (Fsp3) is 0. The van der Waals surface area contributed by atoms with E-state index in [9.17, 15) is 5.21 Å². The van der Waals surface area contributed by atoms with E-state index in [4.69, 9.17) is 5.11 Å².